The summed E-state index contributed by atoms with van der Waals surface area (Å²) in [5, 5.41) is 0. The zero-order chi connectivity index (χ0) is 11.8. The van der Waals surface area contributed by atoms with Gasteiger partial charge in [0.15, 0.2) is 0 Å². The fourth-order valence-electron chi connectivity index (χ4n) is 1.90. The molecule has 92 valence electrons. The normalized spacial score (nSPS) is 14.2. The second-order valence-electron chi connectivity index (χ2n) is 5.85. The molecule has 0 radical (unpaired) electrons. The molecule has 0 fully saturated rings. The van der Waals surface area contributed by atoms with Crippen molar-refractivity contribution in [3.05, 3.63) is 0 Å². The summed E-state index contributed by atoms with van der Waals surface area (Å²) in [5.41, 5.74) is 0. The SMILES string of the molecule is CCC(C)CCN(CC(C)C)CC(C)C. The third kappa shape index (κ3) is 8.92. The van der Waals surface area contributed by atoms with Gasteiger partial charge in [-0.2, -0.15) is 0 Å². The van der Waals surface area contributed by atoms with Crippen molar-refractivity contribution in [2.24, 2.45) is 17.8 Å². The second-order valence-corrected chi connectivity index (χ2v) is 5.85. The van der Waals surface area contributed by atoms with Crippen molar-refractivity contribution in [1.29, 1.82) is 0 Å². The molecule has 0 heterocycles. The second kappa shape index (κ2) is 8.15. The molecule has 0 amide bonds. The Balaban J connectivity index is 3.89. The topological polar surface area (TPSA) is 3.24 Å². The zero-order valence-electron chi connectivity index (χ0n) is 11.7. The van der Waals surface area contributed by atoms with Crippen LogP contribution in [0.5, 0.6) is 0 Å². The Hall–Kier alpha value is -0.0400. The fourth-order valence-corrected chi connectivity index (χ4v) is 1.90. The van der Waals surface area contributed by atoms with E-state index < -0.39 is 0 Å². The highest BCUT2D eigenvalue weighted by Gasteiger charge is 2.10. The molecule has 0 aromatic carbocycles. The summed E-state index contributed by atoms with van der Waals surface area (Å²) in [6.45, 7) is 17.7. The summed E-state index contributed by atoms with van der Waals surface area (Å²) in [5.74, 6) is 2.47. The third-order valence-corrected chi connectivity index (χ3v) is 2.88. The maximum Gasteiger partial charge on any atom is 0.000450 e. The van der Waals surface area contributed by atoms with Gasteiger partial charge in [-0.15, -0.1) is 0 Å². The minimum atomic E-state index is 0.792. The summed E-state index contributed by atoms with van der Waals surface area (Å²) in [6.07, 6.45) is 2.67. The van der Waals surface area contributed by atoms with Gasteiger partial charge < -0.3 is 4.90 Å². The van der Waals surface area contributed by atoms with Crippen LogP contribution >= 0.6 is 0 Å². The van der Waals surface area contributed by atoms with Crippen LogP contribution < -0.4 is 0 Å². The van der Waals surface area contributed by atoms with Gasteiger partial charge in [-0.05, 0) is 30.7 Å². The van der Waals surface area contributed by atoms with Crippen molar-refractivity contribution in [2.75, 3.05) is 19.6 Å². The maximum absolute atomic E-state index is 2.64. The lowest BCUT2D eigenvalue weighted by Gasteiger charge is -2.27. The smallest absolute Gasteiger partial charge is 0.000450 e. The minimum Gasteiger partial charge on any atom is -0.303 e. The first-order valence-electron chi connectivity index (χ1n) is 6.68. The largest absolute Gasteiger partial charge is 0.303 e. The molecular formula is C14H31N. The van der Waals surface area contributed by atoms with E-state index in [-0.39, 0.29) is 0 Å². The molecule has 0 aromatic heterocycles. The van der Waals surface area contributed by atoms with E-state index in [4.69, 9.17) is 0 Å². The molecule has 0 spiro atoms. The van der Waals surface area contributed by atoms with Crippen LogP contribution in [0.1, 0.15) is 54.4 Å². The van der Waals surface area contributed by atoms with Crippen LogP contribution in [0.3, 0.4) is 0 Å². The van der Waals surface area contributed by atoms with Crippen molar-refractivity contribution < 1.29 is 0 Å². The van der Waals surface area contributed by atoms with E-state index in [1.54, 1.807) is 0 Å². The summed E-state index contributed by atoms with van der Waals surface area (Å²) in [6, 6.07) is 0. The van der Waals surface area contributed by atoms with Gasteiger partial charge in [0, 0.05) is 13.1 Å². The van der Waals surface area contributed by atoms with Crippen molar-refractivity contribution >= 4 is 0 Å². The van der Waals surface area contributed by atoms with Crippen molar-refractivity contribution in [1.82, 2.24) is 4.90 Å². The quantitative estimate of drug-likeness (QED) is 0.588. The van der Waals surface area contributed by atoms with Crippen LogP contribution in [-0.2, 0) is 0 Å². The first kappa shape index (κ1) is 15.0. The van der Waals surface area contributed by atoms with Crippen molar-refractivity contribution in [3.8, 4) is 0 Å². The maximum atomic E-state index is 2.64. The van der Waals surface area contributed by atoms with Crippen molar-refractivity contribution in [3.63, 3.8) is 0 Å². The number of hydrogen-bond donors (Lipinski definition) is 0. The van der Waals surface area contributed by atoms with Crippen LogP contribution in [0.4, 0.5) is 0 Å². The van der Waals surface area contributed by atoms with Gasteiger partial charge in [0.1, 0.15) is 0 Å². The van der Waals surface area contributed by atoms with Crippen LogP contribution in [-0.4, -0.2) is 24.5 Å². The Labute approximate surface area is 97.2 Å². The van der Waals surface area contributed by atoms with E-state index in [1.165, 1.54) is 32.5 Å². The molecule has 1 nitrogen and oxygen atoms in total. The van der Waals surface area contributed by atoms with Gasteiger partial charge in [0.25, 0.3) is 0 Å². The van der Waals surface area contributed by atoms with Crippen LogP contribution in [0, 0.1) is 17.8 Å². The summed E-state index contributed by atoms with van der Waals surface area (Å²) < 4.78 is 0. The van der Waals surface area contributed by atoms with Gasteiger partial charge in [0.05, 0.1) is 0 Å². The molecule has 0 saturated heterocycles. The van der Waals surface area contributed by atoms with E-state index >= 15 is 0 Å². The van der Waals surface area contributed by atoms with Gasteiger partial charge in [-0.3, -0.25) is 0 Å². The average Bonchev–Trinajstić information content (AvgIpc) is 2.11. The van der Waals surface area contributed by atoms with Gasteiger partial charge in [-0.25, -0.2) is 0 Å². The van der Waals surface area contributed by atoms with E-state index in [1.807, 2.05) is 0 Å². The molecule has 1 atom stereocenters. The average molecular weight is 213 g/mol. The van der Waals surface area contributed by atoms with Gasteiger partial charge in [0.2, 0.25) is 0 Å². The molecule has 0 aliphatic carbocycles. The minimum absolute atomic E-state index is 0.792. The Morgan fingerprint density at radius 1 is 0.867 bits per heavy atom. The predicted octanol–water partition coefficient (Wildman–Crippen LogP) is 4.04. The first-order chi connectivity index (χ1) is 6.95. The Kier molecular flexibility index (Phi) is 8.13. The lowest BCUT2D eigenvalue weighted by molar-refractivity contribution is 0.206. The Bertz CT molecular complexity index is 130. The van der Waals surface area contributed by atoms with Crippen LogP contribution in [0.2, 0.25) is 0 Å². The highest BCUT2D eigenvalue weighted by atomic mass is 15.1. The highest BCUT2D eigenvalue weighted by Crippen LogP contribution is 2.10. The molecule has 0 bridgehead atoms. The van der Waals surface area contributed by atoms with Gasteiger partial charge in [-0.1, -0.05) is 48.0 Å². The van der Waals surface area contributed by atoms with Crippen LogP contribution in [0.15, 0.2) is 0 Å². The summed E-state index contributed by atoms with van der Waals surface area (Å²) >= 11 is 0. The standard InChI is InChI=1S/C14H31N/c1-7-14(6)8-9-15(10-12(2)3)11-13(4)5/h12-14H,7-11H2,1-6H3. The zero-order valence-corrected chi connectivity index (χ0v) is 11.7. The Morgan fingerprint density at radius 3 is 1.67 bits per heavy atom. The molecule has 1 heteroatoms. The molecule has 0 aliphatic rings. The van der Waals surface area contributed by atoms with E-state index in [9.17, 15) is 0 Å². The molecule has 0 aliphatic heterocycles. The fraction of sp³-hybridized carbons (Fsp3) is 1.00. The molecule has 0 rings (SSSR count). The summed E-state index contributed by atoms with van der Waals surface area (Å²) in [4.78, 5) is 2.64. The summed E-state index contributed by atoms with van der Waals surface area (Å²) in [7, 11) is 0. The van der Waals surface area contributed by atoms with Crippen molar-refractivity contribution in [2.45, 2.75) is 54.4 Å². The Morgan fingerprint density at radius 2 is 1.33 bits per heavy atom. The molecule has 0 saturated carbocycles. The number of rotatable bonds is 8. The lowest BCUT2D eigenvalue weighted by Crippen LogP contribution is -2.33. The number of hydrogen-bond acceptors (Lipinski definition) is 1. The molecule has 0 aromatic rings. The third-order valence-electron chi connectivity index (χ3n) is 2.88. The van der Waals surface area contributed by atoms with E-state index in [2.05, 4.69) is 46.4 Å². The van der Waals surface area contributed by atoms with Gasteiger partial charge >= 0.3 is 0 Å². The van der Waals surface area contributed by atoms with E-state index in [0.717, 1.165) is 17.8 Å². The first-order valence-corrected chi connectivity index (χ1v) is 6.68. The van der Waals surface area contributed by atoms with Crippen LogP contribution in [0.25, 0.3) is 0 Å². The number of nitrogens with zero attached hydrogens (tertiary/aromatic N) is 1. The molecule has 15 heavy (non-hydrogen) atoms. The highest BCUT2D eigenvalue weighted by molar-refractivity contribution is 4.64. The lowest BCUT2D eigenvalue weighted by atomic mass is 10.0. The van der Waals surface area contributed by atoms with E-state index in [0.29, 0.717) is 0 Å². The monoisotopic (exact) mass is 213 g/mol. The molecular weight excluding hydrogens is 182 g/mol. The molecule has 0 N–H and O–H groups in total. The molecule has 1 unspecified atom stereocenters. The predicted molar refractivity (Wildman–Crippen MR) is 70.2 cm³/mol.